The summed E-state index contributed by atoms with van der Waals surface area (Å²) in [4.78, 5) is 9.70. The van der Waals surface area contributed by atoms with Crippen molar-refractivity contribution in [2.24, 2.45) is 10.9 Å². The number of ether oxygens (including phenoxy) is 1. The van der Waals surface area contributed by atoms with Gasteiger partial charge in [-0.05, 0) is 32.9 Å². The first-order valence-electron chi connectivity index (χ1n) is 9.59. The minimum Gasteiger partial charge on any atom is -0.379 e. The van der Waals surface area contributed by atoms with Crippen LogP contribution in [0.2, 0.25) is 0 Å². The molecule has 0 spiro atoms. The maximum atomic E-state index is 5.50. The molecule has 1 fully saturated rings. The van der Waals surface area contributed by atoms with Gasteiger partial charge in [-0.25, -0.2) is 0 Å². The Kier molecular flexibility index (Phi) is 11.0. The van der Waals surface area contributed by atoms with Gasteiger partial charge in [0.2, 0.25) is 0 Å². The molecule has 1 atom stereocenters. The van der Waals surface area contributed by atoms with Gasteiger partial charge in [0.15, 0.2) is 5.96 Å². The van der Waals surface area contributed by atoms with E-state index in [-0.39, 0.29) is 0 Å². The van der Waals surface area contributed by atoms with Crippen molar-refractivity contribution < 1.29 is 4.74 Å². The molecular formula is C18H39N5O. The van der Waals surface area contributed by atoms with Crippen molar-refractivity contribution in [1.29, 1.82) is 0 Å². The lowest BCUT2D eigenvalue weighted by Gasteiger charge is -2.34. The van der Waals surface area contributed by atoms with Gasteiger partial charge in [0, 0.05) is 38.8 Å². The van der Waals surface area contributed by atoms with E-state index in [1.807, 2.05) is 0 Å². The van der Waals surface area contributed by atoms with Crippen LogP contribution in [0.4, 0.5) is 0 Å². The molecule has 6 nitrogen and oxygen atoms in total. The monoisotopic (exact) mass is 341 g/mol. The zero-order valence-electron chi connectivity index (χ0n) is 16.5. The summed E-state index contributed by atoms with van der Waals surface area (Å²) in [6, 6.07) is 0.502. The molecule has 0 aliphatic carbocycles. The number of hydrogen-bond donors (Lipinski definition) is 2. The molecule has 0 radical (unpaired) electrons. The molecule has 6 heteroatoms. The highest BCUT2D eigenvalue weighted by atomic mass is 16.5. The second-order valence-electron chi connectivity index (χ2n) is 6.97. The summed E-state index contributed by atoms with van der Waals surface area (Å²) in [6.45, 7) is 17.4. The smallest absolute Gasteiger partial charge is 0.191 e. The van der Waals surface area contributed by atoms with Crippen LogP contribution in [0.25, 0.3) is 0 Å². The van der Waals surface area contributed by atoms with E-state index in [1.165, 1.54) is 6.42 Å². The van der Waals surface area contributed by atoms with Crippen LogP contribution < -0.4 is 10.6 Å². The number of nitrogens with zero attached hydrogens (tertiary/aromatic N) is 3. The van der Waals surface area contributed by atoms with Crippen LogP contribution in [0.1, 0.15) is 34.1 Å². The molecule has 2 N–H and O–H groups in total. The Labute approximate surface area is 149 Å². The predicted molar refractivity (Wildman–Crippen MR) is 103 cm³/mol. The fourth-order valence-corrected chi connectivity index (χ4v) is 2.89. The molecule has 1 unspecified atom stereocenters. The number of guanidine groups is 1. The SMILES string of the molecule is CCNC(=NCC(CC(C)C)N1CCOCC1)NCCN(C)CC. The Morgan fingerprint density at radius 3 is 2.50 bits per heavy atom. The summed E-state index contributed by atoms with van der Waals surface area (Å²) >= 11 is 0. The van der Waals surface area contributed by atoms with Crippen LogP contribution in [0.15, 0.2) is 4.99 Å². The van der Waals surface area contributed by atoms with Crippen molar-refractivity contribution in [2.75, 3.05) is 66.1 Å². The van der Waals surface area contributed by atoms with Crippen LogP contribution in [-0.2, 0) is 4.74 Å². The number of rotatable bonds is 10. The zero-order valence-corrected chi connectivity index (χ0v) is 16.5. The van der Waals surface area contributed by atoms with E-state index in [1.54, 1.807) is 0 Å². The van der Waals surface area contributed by atoms with Gasteiger partial charge in [0.1, 0.15) is 0 Å². The third-order valence-corrected chi connectivity index (χ3v) is 4.44. The van der Waals surface area contributed by atoms with Gasteiger partial charge in [-0.15, -0.1) is 0 Å². The maximum absolute atomic E-state index is 5.50. The van der Waals surface area contributed by atoms with Crippen molar-refractivity contribution in [3.8, 4) is 0 Å². The molecule has 142 valence electrons. The molecule has 1 heterocycles. The largest absolute Gasteiger partial charge is 0.379 e. The van der Waals surface area contributed by atoms with Crippen molar-refractivity contribution in [3.05, 3.63) is 0 Å². The van der Waals surface area contributed by atoms with Gasteiger partial charge >= 0.3 is 0 Å². The predicted octanol–water partition coefficient (Wildman–Crippen LogP) is 1.24. The lowest BCUT2D eigenvalue weighted by molar-refractivity contribution is 0.0143. The number of aliphatic imine (C=N–C) groups is 1. The van der Waals surface area contributed by atoms with Crippen LogP contribution in [0, 0.1) is 5.92 Å². The van der Waals surface area contributed by atoms with Crippen LogP contribution in [0.3, 0.4) is 0 Å². The van der Waals surface area contributed by atoms with Gasteiger partial charge < -0.3 is 20.3 Å². The highest BCUT2D eigenvalue weighted by molar-refractivity contribution is 5.79. The first-order valence-corrected chi connectivity index (χ1v) is 9.59. The van der Waals surface area contributed by atoms with E-state index in [0.29, 0.717) is 12.0 Å². The van der Waals surface area contributed by atoms with Gasteiger partial charge in [-0.3, -0.25) is 9.89 Å². The first kappa shape index (κ1) is 21.2. The zero-order chi connectivity index (χ0) is 17.8. The van der Waals surface area contributed by atoms with Crippen molar-refractivity contribution in [2.45, 2.75) is 40.2 Å². The molecule has 0 aromatic rings. The van der Waals surface area contributed by atoms with E-state index in [4.69, 9.17) is 9.73 Å². The standard InChI is InChI=1S/C18H39N5O/c1-6-19-18(20-8-9-22(5)7-2)21-15-17(14-16(3)4)23-10-12-24-13-11-23/h16-17H,6-15H2,1-5H3,(H2,19,20,21). The van der Waals surface area contributed by atoms with Crippen molar-refractivity contribution in [3.63, 3.8) is 0 Å². The van der Waals surface area contributed by atoms with Gasteiger partial charge in [0.05, 0.1) is 19.8 Å². The molecule has 0 amide bonds. The summed E-state index contributed by atoms with van der Waals surface area (Å²) in [5.74, 6) is 1.62. The van der Waals surface area contributed by atoms with Crippen LogP contribution >= 0.6 is 0 Å². The minimum atomic E-state index is 0.502. The van der Waals surface area contributed by atoms with E-state index in [2.05, 4.69) is 55.2 Å². The Balaban J connectivity index is 2.56. The van der Waals surface area contributed by atoms with Crippen molar-refractivity contribution in [1.82, 2.24) is 20.4 Å². The number of likely N-dealkylation sites (N-methyl/N-ethyl adjacent to an activating group) is 1. The third-order valence-electron chi connectivity index (χ3n) is 4.44. The summed E-state index contributed by atoms with van der Waals surface area (Å²) in [7, 11) is 2.14. The van der Waals surface area contributed by atoms with E-state index < -0.39 is 0 Å². The number of hydrogen-bond acceptors (Lipinski definition) is 4. The number of nitrogens with one attached hydrogen (secondary N) is 2. The average molecular weight is 342 g/mol. The Morgan fingerprint density at radius 2 is 1.92 bits per heavy atom. The topological polar surface area (TPSA) is 52.1 Å². The summed E-state index contributed by atoms with van der Waals surface area (Å²) < 4.78 is 5.50. The summed E-state index contributed by atoms with van der Waals surface area (Å²) in [6.07, 6.45) is 1.18. The van der Waals surface area contributed by atoms with E-state index >= 15 is 0 Å². The van der Waals surface area contributed by atoms with Gasteiger partial charge in [0.25, 0.3) is 0 Å². The molecule has 0 bridgehead atoms. The molecule has 0 aromatic carbocycles. The highest BCUT2D eigenvalue weighted by Gasteiger charge is 2.21. The normalized spacial score (nSPS) is 18.2. The van der Waals surface area contributed by atoms with Crippen molar-refractivity contribution >= 4 is 5.96 Å². The molecule has 1 rings (SSSR count). The average Bonchev–Trinajstić information content (AvgIpc) is 2.58. The molecule has 1 aliphatic heterocycles. The second-order valence-corrected chi connectivity index (χ2v) is 6.97. The van der Waals surface area contributed by atoms with E-state index in [0.717, 1.165) is 65.0 Å². The molecule has 1 aliphatic rings. The quantitative estimate of drug-likeness (QED) is 0.462. The Hall–Kier alpha value is -0.850. The Morgan fingerprint density at radius 1 is 1.21 bits per heavy atom. The molecule has 24 heavy (non-hydrogen) atoms. The lowest BCUT2D eigenvalue weighted by Crippen LogP contribution is -2.46. The fraction of sp³-hybridized carbons (Fsp3) is 0.944. The van der Waals surface area contributed by atoms with Gasteiger partial charge in [-0.2, -0.15) is 0 Å². The highest BCUT2D eigenvalue weighted by Crippen LogP contribution is 2.14. The summed E-state index contributed by atoms with van der Waals surface area (Å²) in [5.41, 5.74) is 0. The molecule has 0 saturated carbocycles. The lowest BCUT2D eigenvalue weighted by atomic mass is 10.0. The van der Waals surface area contributed by atoms with Gasteiger partial charge in [-0.1, -0.05) is 20.8 Å². The van der Waals surface area contributed by atoms with Crippen LogP contribution in [0.5, 0.6) is 0 Å². The minimum absolute atomic E-state index is 0.502. The molecular weight excluding hydrogens is 302 g/mol. The second kappa shape index (κ2) is 12.5. The molecule has 1 saturated heterocycles. The molecule has 0 aromatic heterocycles. The third kappa shape index (κ3) is 8.85. The number of morpholine rings is 1. The fourth-order valence-electron chi connectivity index (χ4n) is 2.89. The van der Waals surface area contributed by atoms with Crippen LogP contribution in [-0.4, -0.2) is 87.9 Å². The summed E-state index contributed by atoms with van der Waals surface area (Å²) in [5, 5.41) is 6.81. The van der Waals surface area contributed by atoms with E-state index in [9.17, 15) is 0 Å². The Bertz CT molecular complexity index is 342. The first-order chi connectivity index (χ1) is 11.6. The maximum Gasteiger partial charge on any atom is 0.191 e.